The topological polar surface area (TPSA) is 55.4 Å². The lowest BCUT2D eigenvalue weighted by atomic mass is 9.71. The van der Waals surface area contributed by atoms with Crippen LogP contribution in [-0.4, -0.2) is 17.9 Å². The summed E-state index contributed by atoms with van der Waals surface area (Å²) in [7, 11) is 0. The molecule has 34 heavy (non-hydrogen) atoms. The summed E-state index contributed by atoms with van der Waals surface area (Å²) >= 11 is 0. The van der Waals surface area contributed by atoms with Gasteiger partial charge in [-0.2, -0.15) is 0 Å². The molecule has 0 amide bonds. The van der Waals surface area contributed by atoms with Crippen molar-refractivity contribution in [2.45, 2.75) is 76.7 Å². The minimum Gasteiger partial charge on any atom is -0.459 e. The van der Waals surface area contributed by atoms with Crippen LogP contribution in [0.4, 0.5) is 0 Å². The number of dihydropyridines is 1. The SMILES string of the molecule is CC1=C(C(=O)OC2CCCCC2)[C@H](c2ccc(C)cc2)C2=C(C[C@@H](c3ccccc3)CC2=O)N1. The largest absolute Gasteiger partial charge is 0.459 e. The third kappa shape index (κ3) is 4.46. The summed E-state index contributed by atoms with van der Waals surface area (Å²) in [5, 5.41) is 3.47. The van der Waals surface area contributed by atoms with E-state index in [2.05, 4.69) is 29.6 Å². The molecule has 4 nitrogen and oxygen atoms in total. The molecule has 1 heterocycles. The van der Waals surface area contributed by atoms with E-state index in [1.165, 1.54) is 12.0 Å². The molecule has 0 saturated heterocycles. The lowest BCUT2D eigenvalue weighted by Crippen LogP contribution is -2.37. The summed E-state index contributed by atoms with van der Waals surface area (Å²) in [6, 6.07) is 18.5. The predicted octanol–water partition coefficient (Wildman–Crippen LogP) is 6.23. The lowest BCUT2D eigenvalue weighted by Gasteiger charge is -2.37. The summed E-state index contributed by atoms with van der Waals surface area (Å²) in [5.41, 5.74) is 6.37. The second-order valence-electron chi connectivity index (χ2n) is 10.0. The van der Waals surface area contributed by atoms with Gasteiger partial charge in [-0.05, 0) is 63.0 Å². The number of benzene rings is 2. The van der Waals surface area contributed by atoms with Gasteiger partial charge in [-0.15, -0.1) is 0 Å². The van der Waals surface area contributed by atoms with E-state index in [0.717, 1.165) is 60.2 Å². The fraction of sp³-hybridized carbons (Fsp3) is 0.400. The van der Waals surface area contributed by atoms with Gasteiger partial charge in [-0.3, -0.25) is 4.79 Å². The number of carbonyl (C=O) groups excluding carboxylic acids is 2. The van der Waals surface area contributed by atoms with Gasteiger partial charge in [0.05, 0.1) is 5.57 Å². The van der Waals surface area contributed by atoms with E-state index >= 15 is 0 Å². The van der Waals surface area contributed by atoms with Crippen molar-refractivity contribution >= 4 is 11.8 Å². The van der Waals surface area contributed by atoms with Crippen LogP contribution in [0.2, 0.25) is 0 Å². The molecule has 4 heteroatoms. The Bertz CT molecular complexity index is 1140. The molecule has 0 unspecified atom stereocenters. The number of hydrogen-bond acceptors (Lipinski definition) is 4. The number of nitrogens with one attached hydrogen (secondary N) is 1. The van der Waals surface area contributed by atoms with Crippen LogP contribution in [0.15, 0.2) is 77.1 Å². The van der Waals surface area contributed by atoms with Crippen molar-refractivity contribution in [1.29, 1.82) is 0 Å². The predicted molar refractivity (Wildman–Crippen MR) is 133 cm³/mol. The molecule has 176 valence electrons. The van der Waals surface area contributed by atoms with E-state index in [-0.39, 0.29) is 23.8 Å². The maximum absolute atomic E-state index is 13.7. The Hall–Kier alpha value is -3.14. The summed E-state index contributed by atoms with van der Waals surface area (Å²) in [6.45, 7) is 3.99. The highest BCUT2D eigenvalue weighted by Crippen LogP contribution is 2.46. The van der Waals surface area contributed by atoms with Gasteiger partial charge in [0.25, 0.3) is 0 Å². The third-order valence-corrected chi connectivity index (χ3v) is 7.56. The Kier molecular flexibility index (Phi) is 6.40. The maximum atomic E-state index is 13.7. The van der Waals surface area contributed by atoms with Crippen LogP contribution < -0.4 is 5.32 Å². The summed E-state index contributed by atoms with van der Waals surface area (Å²) in [5.74, 6) is -0.421. The monoisotopic (exact) mass is 455 g/mol. The molecule has 0 bridgehead atoms. The van der Waals surface area contributed by atoms with Crippen molar-refractivity contribution in [2.75, 3.05) is 0 Å². The first kappa shape index (κ1) is 22.6. The number of aryl methyl sites for hydroxylation is 1. The number of allylic oxidation sites excluding steroid dienone is 3. The van der Waals surface area contributed by atoms with Crippen molar-refractivity contribution in [3.8, 4) is 0 Å². The lowest BCUT2D eigenvalue weighted by molar-refractivity contribution is -0.146. The van der Waals surface area contributed by atoms with Gasteiger partial charge in [0.2, 0.25) is 0 Å². The maximum Gasteiger partial charge on any atom is 0.337 e. The van der Waals surface area contributed by atoms with Gasteiger partial charge in [0.15, 0.2) is 5.78 Å². The zero-order valence-electron chi connectivity index (χ0n) is 20.1. The van der Waals surface area contributed by atoms with Gasteiger partial charge < -0.3 is 10.1 Å². The van der Waals surface area contributed by atoms with Crippen LogP contribution in [0.1, 0.15) is 80.4 Å². The van der Waals surface area contributed by atoms with E-state index in [9.17, 15) is 9.59 Å². The van der Waals surface area contributed by atoms with Crippen LogP contribution >= 0.6 is 0 Å². The van der Waals surface area contributed by atoms with E-state index < -0.39 is 5.92 Å². The summed E-state index contributed by atoms with van der Waals surface area (Å²) in [6.07, 6.45) is 6.44. The highest BCUT2D eigenvalue weighted by molar-refractivity contribution is 6.04. The third-order valence-electron chi connectivity index (χ3n) is 7.56. The van der Waals surface area contributed by atoms with Crippen LogP contribution in [-0.2, 0) is 14.3 Å². The quantitative estimate of drug-likeness (QED) is 0.555. The van der Waals surface area contributed by atoms with Gasteiger partial charge in [-0.25, -0.2) is 4.79 Å². The molecule has 0 radical (unpaired) electrons. The Morgan fingerprint density at radius 3 is 2.29 bits per heavy atom. The average molecular weight is 456 g/mol. The van der Waals surface area contributed by atoms with Gasteiger partial charge in [-0.1, -0.05) is 66.6 Å². The van der Waals surface area contributed by atoms with Crippen molar-refractivity contribution < 1.29 is 14.3 Å². The van der Waals surface area contributed by atoms with Crippen molar-refractivity contribution in [1.82, 2.24) is 5.32 Å². The molecule has 1 aliphatic heterocycles. The first-order valence-electron chi connectivity index (χ1n) is 12.6. The standard InChI is InChI=1S/C30H33NO3/c1-19-13-15-22(16-14-19)28-27(30(33)34-24-11-7-4-8-12-24)20(2)31-25-17-23(18-26(32)29(25)28)21-9-5-3-6-10-21/h3,5-6,9-10,13-16,23-24,28,31H,4,7-8,11-12,17-18H2,1-2H3/t23-,28+/m1/s1. The molecule has 2 atom stereocenters. The van der Waals surface area contributed by atoms with Gasteiger partial charge >= 0.3 is 5.97 Å². The molecule has 1 saturated carbocycles. The molecule has 1 N–H and O–H groups in total. The second-order valence-corrected chi connectivity index (χ2v) is 10.0. The molecule has 0 spiro atoms. The molecule has 2 aromatic rings. The molecule has 5 rings (SSSR count). The number of esters is 1. The molecule has 1 fully saturated rings. The van der Waals surface area contributed by atoms with E-state index in [1.54, 1.807) is 0 Å². The summed E-state index contributed by atoms with van der Waals surface area (Å²) < 4.78 is 6.01. The average Bonchev–Trinajstić information content (AvgIpc) is 2.84. The molecule has 3 aliphatic rings. The minimum absolute atomic E-state index is 0.0277. The fourth-order valence-electron chi connectivity index (χ4n) is 5.76. The Morgan fingerprint density at radius 2 is 1.59 bits per heavy atom. The van der Waals surface area contributed by atoms with Crippen LogP contribution in [0.3, 0.4) is 0 Å². The van der Waals surface area contributed by atoms with Crippen molar-refractivity contribution in [2.24, 2.45) is 0 Å². The fourth-order valence-corrected chi connectivity index (χ4v) is 5.76. The number of ether oxygens (including phenoxy) is 1. The Balaban J connectivity index is 1.52. The first-order valence-corrected chi connectivity index (χ1v) is 12.6. The second kappa shape index (κ2) is 9.61. The summed E-state index contributed by atoms with van der Waals surface area (Å²) in [4.78, 5) is 27.2. The molecular formula is C30H33NO3. The smallest absolute Gasteiger partial charge is 0.337 e. The van der Waals surface area contributed by atoms with E-state index in [4.69, 9.17) is 4.74 Å². The minimum atomic E-state index is -0.392. The number of rotatable bonds is 4. The Labute approximate surface area is 202 Å². The van der Waals surface area contributed by atoms with Crippen LogP contribution in [0.25, 0.3) is 0 Å². The molecular weight excluding hydrogens is 422 g/mol. The molecule has 2 aromatic carbocycles. The molecule has 0 aromatic heterocycles. The zero-order valence-corrected chi connectivity index (χ0v) is 20.1. The normalized spacial score (nSPS) is 23.4. The first-order chi connectivity index (χ1) is 16.5. The highest BCUT2D eigenvalue weighted by atomic mass is 16.5. The van der Waals surface area contributed by atoms with Gasteiger partial charge in [0.1, 0.15) is 6.10 Å². The molecule has 2 aliphatic carbocycles. The van der Waals surface area contributed by atoms with Crippen LogP contribution in [0.5, 0.6) is 0 Å². The van der Waals surface area contributed by atoms with E-state index in [0.29, 0.717) is 12.0 Å². The number of hydrogen-bond donors (Lipinski definition) is 1. The van der Waals surface area contributed by atoms with Gasteiger partial charge in [0, 0.05) is 29.3 Å². The van der Waals surface area contributed by atoms with Crippen molar-refractivity contribution in [3.05, 3.63) is 93.8 Å². The van der Waals surface area contributed by atoms with Crippen LogP contribution in [0, 0.1) is 6.92 Å². The zero-order chi connectivity index (χ0) is 23.7. The highest BCUT2D eigenvalue weighted by Gasteiger charge is 2.41. The Morgan fingerprint density at radius 1 is 0.882 bits per heavy atom. The number of Topliss-reactive ketones (excluding diaryl/α,β-unsaturated/α-hetero) is 1. The number of carbonyl (C=O) groups is 2. The number of ketones is 1. The van der Waals surface area contributed by atoms with Crippen molar-refractivity contribution in [3.63, 3.8) is 0 Å². The van der Waals surface area contributed by atoms with E-state index in [1.807, 2.05) is 44.2 Å².